The maximum atomic E-state index is 11.1. The lowest BCUT2D eigenvalue weighted by Crippen LogP contribution is -2.30. The normalized spacial score (nSPS) is 19.8. The van der Waals surface area contributed by atoms with Gasteiger partial charge in [0.15, 0.2) is 0 Å². The summed E-state index contributed by atoms with van der Waals surface area (Å²) < 4.78 is 0. The van der Waals surface area contributed by atoms with Gasteiger partial charge in [0.2, 0.25) is 0 Å². The van der Waals surface area contributed by atoms with Gasteiger partial charge in [0.1, 0.15) is 0 Å². The first kappa shape index (κ1) is 21.4. The number of fused-ring (bicyclic) bond motifs is 1. The van der Waals surface area contributed by atoms with Gasteiger partial charge < -0.3 is 5.11 Å². The molecule has 1 aliphatic carbocycles. The van der Waals surface area contributed by atoms with Gasteiger partial charge in [-0.3, -0.25) is 0 Å². The maximum absolute atomic E-state index is 11.1. The number of hydrogen-bond acceptors (Lipinski definition) is 1. The zero-order valence-corrected chi connectivity index (χ0v) is 18.9. The fourth-order valence-corrected chi connectivity index (χ4v) is 4.97. The van der Waals surface area contributed by atoms with E-state index in [1.54, 1.807) is 12.1 Å². The number of hydrogen-bond donors (Lipinski definition) is 1. The van der Waals surface area contributed by atoms with Crippen molar-refractivity contribution in [1.29, 1.82) is 0 Å². The number of benzene rings is 2. The molecule has 0 fully saturated rings. The highest BCUT2D eigenvalue weighted by Crippen LogP contribution is 2.54. The molecule has 3 rings (SSSR count). The number of carboxylic acids is 1. The van der Waals surface area contributed by atoms with Crippen molar-refractivity contribution in [3.8, 4) is 0 Å². The molecule has 1 N–H and O–H groups in total. The van der Waals surface area contributed by atoms with Crippen molar-refractivity contribution in [1.82, 2.24) is 0 Å². The van der Waals surface area contributed by atoms with Crippen LogP contribution in [0, 0.1) is 5.92 Å². The smallest absolute Gasteiger partial charge is 0.335 e. The van der Waals surface area contributed by atoms with Gasteiger partial charge in [0.25, 0.3) is 0 Å². The van der Waals surface area contributed by atoms with E-state index < -0.39 is 5.97 Å². The molecule has 2 aromatic carbocycles. The van der Waals surface area contributed by atoms with Gasteiger partial charge in [0, 0.05) is 0 Å². The van der Waals surface area contributed by atoms with Crippen molar-refractivity contribution >= 4 is 17.6 Å². The molecular formula is C27H34O2. The fourth-order valence-electron chi connectivity index (χ4n) is 4.97. The van der Waals surface area contributed by atoms with E-state index in [4.69, 9.17) is 5.11 Å². The van der Waals surface area contributed by atoms with Gasteiger partial charge in [-0.25, -0.2) is 4.79 Å². The Morgan fingerprint density at radius 2 is 1.59 bits per heavy atom. The molecule has 2 nitrogen and oxygen atoms in total. The largest absolute Gasteiger partial charge is 0.478 e. The third-order valence-electron chi connectivity index (χ3n) is 7.28. The molecule has 29 heavy (non-hydrogen) atoms. The monoisotopic (exact) mass is 390 g/mol. The van der Waals surface area contributed by atoms with Crippen LogP contribution in [0.1, 0.15) is 93.1 Å². The molecule has 0 spiro atoms. The van der Waals surface area contributed by atoms with Crippen molar-refractivity contribution in [2.24, 2.45) is 5.92 Å². The van der Waals surface area contributed by atoms with Crippen LogP contribution in [0.4, 0.5) is 0 Å². The van der Waals surface area contributed by atoms with Crippen LogP contribution >= 0.6 is 0 Å². The summed E-state index contributed by atoms with van der Waals surface area (Å²) in [5, 5.41) is 9.12. The third kappa shape index (κ3) is 3.66. The van der Waals surface area contributed by atoms with E-state index in [0.29, 0.717) is 11.5 Å². The topological polar surface area (TPSA) is 37.3 Å². The lowest BCUT2D eigenvalue weighted by molar-refractivity contribution is 0.0697. The van der Waals surface area contributed by atoms with E-state index in [0.717, 1.165) is 18.4 Å². The number of carboxylic acid groups (broad SMARTS) is 1. The number of aromatic carboxylic acids is 1. The standard InChI is InChI=1S/C27H34O2/c1-8-9-21-15-23-24(27(6,7)18(3)26(23,4)5)16-22(21)17(2)14-19-10-12-20(13-11-19)25(28)29/h10-16,18H,8-9H2,1-7H3,(H,28,29). The predicted molar refractivity (Wildman–Crippen MR) is 123 cm³/mol. The van der Waals surface area contributed by atoms with Gasteiger partial charge in [-0.2, -0.15) is 0 Å². The van der Waals surface area contributed by atoms with Crippen LogP contribution in [0.25, 0.3) is 11.6 Å². The molecule has 1 aliphatic rings. The molecule has 154 valence electrons. The number of aryl methyl sites for hydroxylation is 1. The SMILES string of the molecule is CCCc1cc2c(cc1C(C)=Cc1ccc(C(=O)O)cc1)C(C)(C)C(C)C2(C)C. The van der Waals surface area contributed by atoms with E-state index in [2.05, 4.69) is 66.7 Å². The average Bonchev–Trinajstić information content (AvgIpc) is 2.79. The van der Waals surface area contributed by atoms with E-state index in [1.165, 1.54) is 27.8 Å². The molecule has 0 amide bonds. The third-order valence-corrected chi connectivity index (χ3v) is 7.28. The molecule has 2 heteroatoms. The minimum atomic E-state index is -0.889. The molecule has 1 unspecified atom stereocenters. The summed E-state index contributed by atoms with van der Waals surface area (Å²) in [6.07, 6.45) is 4.35. The van der Waals surface area contributed by atoms with Crippen LogP contribution < -0.4 is 0 Å². The van der Waals surface area contributed by atoms with Crippen LogP contribution in [-0.2, 0) is 17.3 Å². The molecule has 0 bridgehead atoms. The first-order chi connectivity index (χ1) is 13.5. The van der Waals surface area contributed by atoms with E-state index in [-0.39, 0.29) is 10.8 Å². The Hall–Kier alpha value is -2.35. The second-order valence-electron chi connectivity index (χ2n) is 9.72. The summed E-state index contributed by atoms with van der Waals surface area (Å²) in [6.45, 7) is 16.3. The average molecular weight is 391 g/mol. The van der Waals surface area contributed by atoms with E-state index in [1.807, 2.05) is 12.1 Å². The van der Waals surface area contributed by atoms with Gasteiger partial charge in [-0.15, -0.1) is 0 Å². The van der Waals surface area contributed by atoms with Crippen LogP contribution in [0.3, 0.4) is 0 Å². The fraction of sp³-hybridized carbons (Fsp3) is 0.444. The summed E-state index contributed by atoms with van der Waals surface area (Å²) in [6, 6.07) is 12.0. The highest BCUT2D eigenvalue weighted by atomic mass is 16.4. The number of allylic oxidation sites excluding steroid dienone is 1. The molecule has 0 heterocycles. The lowest BCUT2D eigenvalue weighted by Gasteiger charge is -2.32. The zero-order chi connectivity index (χ0) is 21.6. The predicted octanol–water partition coefficient (Wildman–Crippen LogP) is 7.10. The Labute approximate surface area is 175 Å². The van der Waals surface area contributed by atoms with Gasteiger partial charge in [-0.05, 0) is 75.6 Å². The Bertz CT molecular complexity index is 959. The van der Waals surface area contributed by atoms with Crippen LogP contribution in [0.15, 0.2) is 36.4 Å². The summed E-state index contributed by atoms with van der Waals surface area (Å²) in [5.74, 6) is -0.317. The summed E-state index contributed by atoms with van der Waals surface area (Å²) in [5.41, 5.74) is 8.61. The summed E-state index contributed by atoms with van der Waals surface area (Å²) in [4.78, 5) is 11.1. The van der Waals surface area contributed by atoms with Crippen molar-refractivity contribution in [3.63, 3.8) is 0 Å². The van der Waals surface area contributed by atoms with Gasteiger partial charge in [-0.1, -0.05) is 78.3 Å². The minimum absolute atomic E-state index is 0.141. The molecule has 1 atom stereocenters. The Morgan fingerprint density at radius 1 is 1.03 bits per heavy atom. The number of rotatable bonds is 5. The van der Waals surface area contributed by atoms with Crippen LogP contribution in [-0.4, -0.2) is 11.1 Å². The number of carbonyl (C=O) groups is 1. The molecular weight excluding hydrogens is 356 g/mol. The lowest BCUT2D eigenvalue weighted by atomic mass is 9.71. The Balaban J connectivity index is 2.11. The van der Waals surface area contributed by atoms with Gasteiger partial charge >= 0.3 is 5.97 Å². The molecule has 2 aromatic rings. The van der Waals surface area contributed by atoms with Crippen LogP contribution in [0.2, 0.25) is 0 Å². The van der Waals surface area contributed by atoms with Crippen LogP contribution in [0.5, 0.6) is 0 Å². The molecule has 0 saturated carbocycles. The second-order valence-corrected chi connectivity index (χ2v) is 9.72. The first-order valence-corrected chi connectivity index (χ1v) is 10.7. The summed E-state index contributed by atoms with van der Waals surface area (Å²) >= 11 is 0. The molecule has 0 aromatic heterocycles. The van der Waals surface area contributed by atoms with Crippen molar-refractivity contribution in [3.05, 3.63) is 69.8 Å². The highest BCUT2D eigenvalue weighted by Gasteiger charge is 2.48. The Kier molecular flexibility index (Phi) is 5.51. The second kappa shape index (κ2) is 7.48. The molecule has 0 aliphatic heterocycles. The minimum Gasteiger partial charge on any atom is -0.478 e. The Morgan fingerprint density at radius 3 is 2.10 bits per heavy atom. The maximum Gasteiger partial charge on any atom is 0.335 e. The highest BCUT2D eigenvalue weighted by molar-refractivity contribution is 5.88. The van der Waals surface area contributed by atoms with Crippen molar-refractivity contribution in [2.75, 3.05) is 0 Å². The van der Waals surface area contributed by atoms with Crippen molar-refractivity contribution < 1.29 is 9.90 Å². The molecule has 0 radical (unpaired) electrons. The molecule has 0 saturated heterocycles. The van der Waals surface area contributed by atoms with Gasteiger partial charge in [0.05, 0.1) is 5.56 Å². The van der Waals surface area contributed by atoms with E-state index >= 15 is 0 Å². The summed E-state index contributed by atoms with van der Waals surface area (Å²) in [7, 11) is 0. The zero-order valence-electron chi connectivity index (χ0n) is 18.9. The quantitative estimate of drug-likeness (QED) is 0.553. The van der Waals surface area contributed by atoms with Crippen molar-refractivity contribution in [2.45, 2.75) is 72.1 Å². The first-order valence-electron chi connectivity index (χ1n) is 10.7. The van der Waals surface area contributed by atoms with E-state index in [9.17, 15) is 4.79 Å².